The van der Waals surface area contributed by atoms with E-state index in [4.69, 9.17) is 0 Å². The first-order valence-corrected chi connectivity index (χ1v) is 6.48. The molecule has 104 valence electrons. The fourth-order valence-corrected chi connectivity index (χ4v) is 2.28. The van der Waals surface area contributed by atoms with Crippen LogP contribution >= 0.6 is 0 Å². The Morgan fingerprint density at radius 2 is 2.15 bits per heavy atom. The highest BCUT2D eigenvalue weighted by atomic mass is 16.2. The second kappa shape index (κ2) is 4.84. The number of nitrogens with one attached hydrogen (secondary N) is 2. The summed E-state index contributed by atoms with van der Waals surface area (Å²) < 4.78 is 4.74. The third-order valence-corrected chi connectivity index (χ3v) is 3.27. The van der Waals surface area contributed by atoms with Crippen molar-refractivity contribution in [2.75, 3.05) is 10.9 Å². The minimum atomic E-state index is -0.189. The number of aryl methyl sites for hydroxylation is 1. The van der Waals surface area contributed by atoms with Crippen molar-refractivity contribution in [2.24, 2.45) is 7.05 Å². The largest absolute Gasteiger partial charge is 0.295 e. The second-order valence-corrected chi connectivity index (χ2v) is 4.82. The van der Waals surface area contributed by atoms with Crippen LogP contribution < -0.4 is 21.0 Å². The molecule has 0 amide bonds. The quantitative estimate of drug-likeness (QED) is 0.625. The van der Waals surface area contributed by atoms with E-state index in [1.54, 1.807) is 6.20 Å². The van der Waals surface area contributed by atoms with Crippen molar-refractivity contribution >= 4 is 17.3 Å². The monoisotopic (exact) mass is 274 g/mol. The van der Waals surface area contributed by atoms with Gasteiger partial charge < -0.3 is 0 Å². The molecule has 1 aliphatic rings. The predicted octanol–water partition coefficient (Wildman–Crippen LogP) is 0.347. The molecule has 2 N–H and O–H groups in total. The first kappa shape index (κ1) is 12.5. The van der Waals surface area contributed by atoms with E-state index in [0.717, 1.165) is 5.69 Å². The first-order valence-electron chi connectivity index (χ1n) is 6.48. The summed E-state index contributed by atoms with van der Waals surface area (Å²) in [6, 6.07) is 3.77. The number of aromatic nitrogens is 3. The summed E-state index contributed by atoms with van der Waals surface area (Å²) in [6.07, 6.45) is 6.53. The number of hydrazine groups is 1. The molecular weight excluding hydrogens is 258 g/mol. The zero-order chi connectivity index (χ0) is 14.1. The topological polar surface area (TPSA) is 71.9 Å². The molecule has 0 radical (unpaired) electrons. The Morgan fingerprint density at radius 1 is 1.30 bits per heavy atom. The Balaban J connectivity index is 1.82. The van der Waals surface area contributed by atoms with Gasteiger partial charge in [0.05, 0.1) is 6.20 Å². The van der Waals surface area contributed by atoms with Gasteiger partial charge in [0, 0.05) is 19.0 Å². The minimum Gasteiger partial charge on any atom is -0.295 e. The molecule has 2 aromatic heterocycles. The highest BCUT2D eigenvalue weighted by molar-refractivity contribution is 5.79. The zero-order valence-corrected chi connectivity index (χ0v) is 11.2. The molecule has 7 nitrogen and oxygen atoms in total. The lowest BCUT2D eigenvalue weighted by atomic mass is 10.3. The lowest BCUT2D eigenvalue weighted by Crippen LogP contribution is -2.32. The molecule has 0 saturated heterocycles. The molecule has 1 aliphatic heterocycles. The molecule has 0 saturated carbocycles. The van der Waals surface area contributed by atoms with Crippen LogP contribution in [-0.4, -0.2) is 15.3 Å². The van der Waals surface area contributed by atoms with Gasteiger partial charge in [-0.1, -0.05) is 0 Å². The molecule has 7 heteroatoms. The number of carbonyl (C=O) groups is 1. The van der Waals surface area contributed by atoms with Gasteiger partial charge in [-0.3, -0.25) is 20.4 Å². The van der Waals surface area contributed by atoms with Crippen molar-refractivity contribution in [3.63, 3.8) is 0 Å². The predicted molar refractivity (Wildman–Crippen MR) is 73.4 cm³/mol. The number of pyridine rings is 1. The van der Waals surface area contributed by atoms with Crippen LogP contribution in [0.5, 0.6) is 0 Å². The van der Waals surface area contributed by atoms with E-state index < -0.39 is 0 Å². The summed E-state index contributed by atoms with van der Waals surface area (Å²) >= 11 is 0. The van der Waals surface area contributed by atoms with Crippen LogP contribution in [0.25, 0.3) is 0 Å². The third-order valence-electron chi connectivity index (χ3n) is 3.27. The molecule has 20 heavy (non-hydrogen) atoms. The number of anilines is 2. The van der Waals surface area contributed by atoms with Crippen LogP contribution in [-0.2, 0) is 13.6 Å². The summed E-state index contributed by atoms with van der Waals surface area (Å²) in [5.41, 5.74) is 6.83. The molecule has 0 atom stereocenters. The van der Waals surface area contributed by atoms with E-state index in [9.17, 15) is 9.59 Å². The van der Waals surface area contributed by atoms with Gasteiger partial charge in [0.2, 0.25) is 5.91 Å². The Bertz CT molecular complexity index is 716. The summed E-state index contributed by atoms with van der Waals surface area (Å²) in [7, 11) is 1.91. The maximum Gasteiger partial charge on any atom is 0.292 e. The lowest BCUT2D eigenvalue weighted by molar-refractivity contribution is -0.670. The van der Waals surface area contributed by atoms with Crippen molar-refractivity contribution in [3.05, 3.63) is 41.1 Å². The van der Waals surface area contributed by atoms with Gasteiger partial charge in [-0.25, -0.2) is 13.9 Å². The molecule has 3 heterocycles. The SMILES string of the molecule is C[n+]1cccc(NNc2cn3n(c2=O)CCCC3=O)c1. The van der Waals surface area contributed by atoms with Gasteiger partial charge in [0.1, 0.15) is 18.4 Å². The maximum absolute atomic E-state index is 12.1. The van der Waals surface area contributed by atoms with Gasteiger partial charge in [-0.2, -0.15) is 0 Å². The minimum absolute atomic E-state index is 0.0486. The first-order chi connectivity index (χ1) is 9.65. The highest BCUT2D eigenvalue weighted by Gasteiger charge is 2.20. The van der Waals surface area contributed by atoms with Gasteiger partial charge in [-0.05, 0) is 12.5 Å². The number of fused-ring (bicyclic) bond motifs is 1. The Hall–Kier alpha value is -2.57. The van der Waals surface area contributed by atoms with E-state index in [0.29, 0.717) is 25.1 Å². The van der Waals surface area contributed by atoms with Crippen molar-refractivity contribution in [1.82, 2.24) is 9.36 Å². The normalized spacial score (nSPS) is 13.9. The van der Waals surface area contributed by atoms with Crippen LogP contribution in [0.2, 0.25) is 0 Å². The van der Waals surface area contributed by atoms with Crippen molar-refractivity contribution in [2.45, 2.75) is 19.4 Å². The number of carbonyl (C=O) groups excluding carboxylic acids is 1. The van der Waals surface area contributed by atoms with Crippen LogP contribution in [0, 0.1) is 0 Å². The summed E-state index contributed by atoms with van der Waals surface area (Å²) in [5, 5.41) is 0. The average molecular weight is 274 g/mol. The van der Waals surface area contributed by atoms with Crippen LogP contribution in [0.3, 0.4) is 0 Å². The molecule has 0 spiro atoms. The van der Waals surface area contributed by atoms with E-state index in [2.05, 4.69) is 10.9 Å². The number of hydrogen-bond donors (Lipinski definition) is 2. The van der Waals surface area contributed by atoms with Crippen molar-refractivity contribution < 1.29 is 9.36 Å². The van der Waals surface area contributed by atoms with E-state index in [1.165, 1.54) is 9.36 Å². The Kier molecular flexibility index (Phi) is 3.02. The molecule has 0 fully saturated rings. The highest BCUT2D eigenvalue weighted by Crippen LogP contribution is 2.10. The third kappa shape index (κ3) is 2.18. The fourth-order valence-electron chi connectivity index (χ4n) is 2.28. The number of rotatable bonds is 3. The standard InChI is InChI=1S/C13H16N5O2/c1-16-6-2-4-10(8-16)14-15-11-9-18-12(19)5-3-7-17(18)13(11)20/h2,4,6,8-9,14-15H,3,5,7H2,1H3/q+1. The molecule has 0 bridgehead atoms. The Labute approximate surface area is 115 Å². The van der Waals surface area contributed by atoms with Gasteiger partial charge in [-0.15, -0.1) is 0 Å². The summed E-state index contributed by atoms with van der Waals surface area (Å²) in [6.45, 7) is 0.576. The molecule has 2 aromatic rings. The number of hydrogen-bond acceptors (Lipinski definition) is 4. The van der Waals surface area contributed by atoms with Crippen LogP contribution in [0.4, 0.5) is 11.4 Å². The Morgan fingerprint density at radius 3 is 2.90 bits per heavy atom. The molecule has 0 aromatic carbocycles. The second-order valence-electron chi connectivity index (χ2n) is 4.82. The van der Waals surface area contributed by atoms with Gasteiger partial charge in [0.25, 0.3) is 5.56 Å². The summed E-state index contributed by atoms with van der Waals surface area (Å²) in [5.74, 6) is -0.0486. The smallest absolute Gasteiger partial charge is 0.292 e. The van der Waals surface area contributed by atoms with Gasteiger partial charge in [0.15, 0.2) is 12.4 Å². The molecule has 3 rings (SSSR count). The molecule has 0 aliphatic carbocycles. The van der Waals surface area contributed by atoms with Gasteiger partial charge >= 0.3 is 0 Å². The van der Waals surface area contributed by atoms with E-state index in [1.807, 2.05) is 36.1 Å². The average Bonchev–Trinajstić information content (AvgIpc) is 2.75. The van der Waals surface area contributed by atoms with Crippen LogP contribution in [0.1, 0.15) is 17.6 Å². The number of nitrogens with zero attached hydrogens (tertiary/aromatic N) is 3. The van der Waals surface area contributed by atoms with E-state index >= 15 is 0 Å². The van der Waals surface area contributed by atoms with Crippen molar-refractivity contribution in [1.29, 1.82) is 0 Å². The van der Waals surface area contributed by atoms with E-state index in [-0.39, 0.29) is 11.5 Å². The van der Waals surface area contributed by atoms with Crippen LogP contribution in [0.15, 0.2) is 35.5 Å². The summed E-state index contributed by atoms with van der Waals surface area (Å²) in [4.78, 5) is 23.9. The van der Waals surface area contributed by atoms with Crippen molar-refractivity contribution in [3.8, 4) is 0 Å². The maximum atomic E-state index is 12.1. The lowest BCUT2D eigenvalue weighted by Gasteiger charge is -2.14. The zero-order valence-electron chi connectivity index (χ0n) is 11.2. The molecular formula is C13H16N5O2+. The fraction of sp³-hybridized carbons (Fsp3) is 0.308. The molecule has 0 unspecified atom stereocenters.